The number of alkyl halides is 4. The number of pyridine rings is 1. The number of nitrogens with zero attached hydrogens (tertiary/aromatic N) is 5. The summed E-state index contributed by atoms with van der Waals surface area (Å²) < 4.78 is 86.6. The van der Waals surface area contributed by atoms with Crippen molar-refractivity contribution in [2.24, 2.45) is 0 Å². The van der Waals surface area contributed by atoms with Crippen LogP contribution < -0.4 is 25.4 Å². The minimum absolute atomic E-state index is 0.0793. The van der Waals surface area contributed by atoms with Crippen molar-refractivity contribution in [1.29, 1.82) is 0 Å². The first kappa shape index (κ1) is 30.1. The number of anilines is 2. The van der Waals surface area contributed by atoms with Crippen LogP contribution in [0.2, 0.25) is 5.02 Å². The van der Waals surface area contributed by atoms with Crippen LogP contribution in [0, 0.1) is 5.82 Å². The number of halogens is 6. The Hall–Kier alpha value is -3.23. The van der Waals surface area contributed by atoms with E-state index in [9.17, 15) is 17.6 Å². The maximum Gasteiger partial charge on any atom is 0.418 e. The molecule has 9 nitrogen and oxygen atoms in total. The van der Waals surface area contributed by atoms with E-state index in [0.717, 1.165) is 63.7 Å². The van der Waals surface area contributed by atoms with Gasteiger partial charge in [0.2, 0.25) is 5.88 Å². The SMILES string of the molecule is Nc1cc(Cl)c(C(F)(F)F)c(-c2nc3c4c(nc(OC[C@@]56CCCN5C[C@H](F)C6)nc4c2F)N(CC2CCCN2)C2(CC2)CO3)c1. The zero-order chi connectivity index (χ0) is 32.0. The van der Waals surface area contributed by atoms with E-state index in [1.807, 2.05) is 0 Å². The quantitative estimate of drug-likeness (QED) is 0.260. The minimum Gasteiger partial charge on any atom is -0.475 e. The lowest BCUT2D eigenvalue weighted by molar-refractivity contribution is -0.137. The topological polar surface area (TPSA) is 102 Å². The van der Waals surface area contributed by atoms with Crippen molar-refractivity contribution in [2.75, 3.05) is 50.0 Å². The van der Waals surface area contributed by atoms with Gasteiger partial charge in [0.25, 0.3) is 0 Å². The number of fused-ring (bicyclic) bond motifs is 1. The maximum atomic E-state index is 16.8. The van der Waals surface area contributed by atoms with Crippen LogP contribution in [0.15, 0.2) is 12.1 Å². The Morgan fingerprint density at radius 1 is 1.15 bits per heavy atom. The molecule has 46 heavy (non-hydrogen) atoms. The molecule has 3 atom stereocenters. The van der Waals surface area contributed by atoms with E-state index in [4.69, 9.17) is 31.8 Å². The Labute approximate surface area is 266 Å². The molecule has 0 bridgehead atoms. The molecule has 4 fully saturated rings. The minimum atomic E-state index is -4.94. The highest BCUT2D eigenvalue weighted by molar-refractivity contribution is 6.32. The number of aromatic nitrogens is 3. The highest BCUT2D eigenvalue weighted by atomic mass is 35.5. The molecule has 1 saturated carbocycles. The molecule has 0 radical (unpaired) electrons. The normalized spacial score (nSPS) is 26.9. The standard InChI is InChI=1S/C31H33ClF5N7O2/c32-20-10-17(38)9-19(22(20)31(35,36)37)24-23(34)25-21-26(42-28(41-25)46-15-30-4-2-8-43(30)12-16(33)11-30)44(13-18-3-1-7-39-18)29(5-6-29)14-45-27(21)40-24/h9-10,16,18,39H,1-8,11-15,38H2/t16-,18?,30+/m1/s1. The number of nitrogens with one attached hydrogen (secondary N) is 1. The smallest absolute Gasteiger partial charge is 0.418 e. The summed E-state index contributed by atoms with van der Waals surface area (Å²) >= 11 is 6.03. The molecule has 3 N–H and O–H groups in total. The van der Waals surface area contributed by atoms with Crippen LogP contribution in [-0.2, 0) is 6.18 Å². The number of benzene rings is 1. The summed E-state index contributed by atoms with van der Waals surface area (Å²) in [5.41, 5.74) is 2.00. The van der Waals surface area contributed by atoms with Gasteiger partial charge in [0.1, 0.15) is 41.8 Å². The van der Waals surface area contributed by atoms with Crippen molar-refractivity contribution in [3.8, 4) is 23.1 Å². The fraction of sp³-hybridized carbons (Fsp3) is 0.581. The molecule has 1 spiro atoms. The highest BCUT2D eigenvalue weighted by Crippen LogP contribution is 2.52. The van der Waals surface area contributed by atoms with Gasteiger partial charge in [-0.15, -0.1) is 0 Å². The molecule has 2 aromatic heterocycles. The number of hydrogen-bond donors (Lipinski definition) is 2. The average molecular weight is 666 g/mol. The molecule has 6 heterocycles. The number of nitrogens with two attached hydrogens (primary N) is 1. The summed E-state index contributed by atoms with van der Waals surface area (Å²) in [7, 11) is 0. The lowest BCUT2D eigenvalue weighted by Gasteiger charge is -2.34. The van der Waals surface area contributed by atoms with E-state index in [-0.39, 0.29) is 47.7 Å². The van der Waals surface area contributed by atoms with Crippen molar-refractivity contribution in [1.82, 2.24) is 25.2 Å². The van der Waals surface area contributed by atoms with Crippen LogP contribution in [0.3, 0.4) is 0 Å². The zero-order valence-electron chi connectivity index (χ0n) is 24.9. The van der Waals surface area contributed by atoms with Gasteiger partial charge in [-0.2, -0.15) is 23.1 Å². The Kier molecular flexibility index (Phi) is 6.97. The molecular formula is C31H33ClF5N7O2. The van der Waals surface area contributed by atoms with Crippen molar-refractivity contribution in [3.05, 3.63) is 28.5 Å². The van der Waals surface area contributed by atoms with Gasteiger partial charge >= 0.3 is 12.2 Å². The molecular weight excluding hydrogens is 633 g/mol. The Balaban J connectivity index is 1.31. The lowest BCUT2D eigenvalue weighted by Crippen LogP contribution is -2.48. The van der Waals surface area contributed by atoms with Crippen molar-refractivity contribution < 1.29 is 31.4 Å². The number of rotatable bonds is 6. The Morgan fingerprint density at radius 2 is 1.98 bits per heavy atom. The molecule has 4 aliphatic heterocycles. The fourth-order valence-corrected chi connectivity index (χ4v) is 8.21. The molecule has 1 aromatic carbocycles. The van der Waals surface area contributed by atoms with Gasteiger partial charge in [-0.25, -0.2) is 13.8 Å². The van der Waals surface area contributed by atoms with Gasteiger partial charge in [0.15, 0.2) is 5.82 Å². The van der Waals surface area contributed by atoms with Crippen molar-refractivity contribution in [3.63, 3.8) is 0 Å². The third-order valence-corrected chi connectivity index (χ3v) is 10.6. The van der Waals surface area contributed by atoms with Gasteiger partial charge in [0.05, 0.1) is 21.7 Å². The zero-order valence-corrected chi connectivity index (χ0v) is 25.7. The van der Waals surface area contributed by atoms with Crippen molar-refractivity contribution >= 4 is 34.0 Å². The van der Waals surface area contributed by atoms with E-state index in [1.165, 1.54) is 0 Å². The average Bonchev–Trinajstić information content (AvgIpc) is 3.27. The van der Waals surface area contributed by atoms with Crippen molar-refractivity contribution in [2.45, 2.75) is 74.4 Å². The van der Waals surface area contributed by atoms with E-state index < -0.39 is 51.1 Å². The second-order valence-corrected chi connectivity index (χ2v) is 13.7. The molecule has 1 aliphatic carbocycles. The monoisotopic (exact) mass is 665 g/mol. The van der Waals surface area contributed by atoms with E-state index >= 15 is 4.39 Å². The van der Waals surface area contributed by atoms with Gasteiger partial charge in [-0.05, 0) is 63.7 Å². The van der Waals surface area contributed by atoms with Gasteiger partial charge in [-0.1, -0.05) is 11.6 Å². The Morgan fingerprint density at radius 3 is 2.72 bits per heavy atom. The van der Waals surface area contributed by atoms with Crippen LogP contribution in [0.4, 0.5) is 33.5 Å². The molecule has 5 aliphatic rings. The summed E-state index contributed by atoms with van der Waals surface area (Å²) in [6, 6.07) is 1.97. The van der Waals surface area contributed by atoms with E-state index in [1.54, 1.807) is 0 Å². The third kappa shape index (κ3) is 4.90. The van der Waals surface area contributed by atoms with Crippen LogP contribution >= 0.6 is 11.6 Å². The first-order valence-corrected chi connectivity index (χ1v) is 16.1. The molecule has 0 amide bonds. The molecule has 1 unspecified atom stereocenters. The molecule has 15 heteroatoms. The summed E-state index contributed by atoms with van der Waals surface area (Å²) in [5, 5.41) is 2.98. The van der Waals surface area contributed by atoms with Crippen LogP contribution in [0.25, 0.3) is 22.2 Å². The van der Waals surface area contributed by atoms with Crippen LogP contribution in [-0.4, -0.2) is 82.5 Å². The largest absolute Gasteiger partial charge is 0.475 e. The molecule has 8 rings (SSSR count). The maximum absolute atomic E-state index is 16.8. The summed E-state index contributed by atoms with van der Waals surface area (Å²) in [5.74, 6) is -0.836. The van der Waals surface area contributed by atoms with Crippen LogP contribution in [0.5, 0.6) is 11.9 Å². The Bertz CT molecular complexity index is 1720. The summed E-state index contributed by atoms with van der Waals surface area (Å²) in [4.78, 5) is 17.8. The second-order valence-electron chi connectivity index (χ2n) is 13.3. The predicted octanol–water partition coefficient (Wildman–Crippen LogP) is 5.52. The lowest BCUT2D eigenvalue weighted by atomic mass is 9.95. The molecule has 3 saturated heterocycles. The molecule has 3 aromatic rings. The van der Waals surface area contributed by atoms with Crippen LogP contribution in [0.1, 0.15) is 50.5 Å². The van der Waals surface area contributed by atoms with Gasteiger partial charge in [-0.3, -0.25) is 4.90 Å². The first-order chi connectivity index (χ1) is 22.0. The first-order valence-electron chi connectivity index (χ1n) is 15.7. The van der Waals surface area contributed by atoms with Gasteiger partial charge in [0, 0.05) is 36.8 Å². The third-order valence-electron chi connectivity index (χ3n) is 10.3. The van der Waals surface area contributed by atoms with E-state index in [2.05, 4.69) is 25.1 Å². The number of nitrogen functional groups attached to an aromatic ring is 1. The molecule has 246 valence electrons. The summed E-state index contributed by atoms with van der Waals surface area (Å²) in [6.07, 6.45) is -0.428. The number of hydrogen-bond acceptors (Lipinski definition) is 9. The summed E-state index contributed by atoms with van der Waals surface area (Å²) in [6.45, 7) is 2.80. The number of ether oxygens (including phenoxy) is 2. The highest BCUT2D eigenvalue weighted by Gasteiger charge is 2.53. The van der Waals surface area contributed by atoms with Gasteiger partial charge < -0.3 is 25.4 Å². The predicted molar refractivity (Wildman–Crippen MR) is 162 cm³/mol. The fourth-order valence-electron chi connectivity index (χ4n) is 7.87. The van der Waals surface area contributed by atoms with E-state index in [0.29, 0.717) is 25.3 Å². The second kappa shape index (κ2) is 10.6.